The smallest absolute Gasteiger partial charge is 0.271 e. The van der Waals surface area contributed by atoms with Crippen LogP contribution in [0, 0.1) is 0 Å². The lowest BCUT2D eigenvalue weighted by Gasteiger charge is -2.48. The average Bonchev–Trinajstić information content (AvgIpc) is 2.97. The molecule has 0 spiro atoms. The van der Waals surface area contributed by atoms with E-state index in [1.807, 2.05) is 19.1 Å². The van der Waals surface area contributed by atoms with Crippen LogP contribution in [0.5, 0.6) is 5.75 Å². The second-order valence-electron chi connectivity index (χ2n) is 10.8. The van der Waals surface area contributed by atoms with Gasteiger partial charge in [-0.15, -0.1) is 0 Å². The van der Waals surface area contributed by atoms with E-state index >= 15 is 0 Å². The Kier molecular flexibility index (Phi) is 7.71. The quantitative estimate of drug-likeness (QED) is 0.485. The fourth-order valence-corrected chi connectivity index (χ4v) is 6.11. The molecule has 210 valence electrons. The van der Waals surface area contributed by atoms with Crippen molar-refractivity contribution in [2.24, 2.45) is 5.73 Å². The van der Waals surface area contributed by atoms with Gasteiger partial charge in [0.15, 0.2) is 17.3 Å². The van der Waals surface area contributed by atoms with Gasteiger partial charge in [0.05, 0.1) is 17.4 Å². The first kappa shape index (κ1) is 26.1. The van der Waals surface area contributed by atoms with Crippen LogP contribution in [0.1, 0.15) is 48.8 Å². The van der Waals surface area contributed by atoms with Gasteiger partial charge in [-0.3, -0.25) is 9.69 Å². The second-order valence-corrected chi connectivity index (χ2v) is 10.8. The van der Waals surface area contributed by atoms with Gasteiger partial charge in [0.25, 0.3) is 5.91 Å². The van der Waals surface area contributed by atoms with E-state index in [2.05, 4.69) is 31.5 Å². The van der Waals surface area contributed by atoms with Crippen LogP contribution in [0.4, 0.5) is 23.0 Å². The minimum atomic E-state index is -0.614. The number of hydrogen-bond acceptors (Lipinski definition) is 10. The SMILES string of the molecule is CCc1nc(C(N)=O)c(Nc2ccc3c(c2)OC[C@H]2CN(C4CCOCC4)CCN32)nc1NC1CCOCC1. The lowest BCUT2D eigenvalue weighted by Crippen LogP contribution is -2.59. The molecule has 39 heavy (non-hydrogen) atoms. The van der Waals surface area contributed by atoms with Crippen molar-refractivity contribution in [1.82, 2.24) is 14.9 Å². The molecule has 4 aliphatic rings. The van der Waals surface area contributed by atoms with Crippen molar-refractivity contribution in [3.63, 3.8) is 0 Å². The zero-order chi connectivity index (χ0) is 26.8. The van der Waals surface area contributed by atoms with Crippen LogP contribution in [-0.4, -0.2) is 91.6 Å². The number of piperazine rings is 1. The average molecular weight is 538 g/mol. The Morgan fingerprint density at radius 1 is 1.03 bits per heavy atom. The minimum Gasteiger partial charge on any atom is -0.489 e. The van der Waals surface area contributed by atoms with Crippen LogP contribution >= 0.6 is 0 Å². The maximum absolute atomic E-state index is 12.3. The van der Waals surface area contributed by atoms with Gasteiger partial charge in [0, 0.05) is 69.9 Å². The molecule has 2 aromatic rings. The number of rotatable bonds is 7. The Morgan fingerprint density at radius 3 is 2.54 bits per heavy atom. The number of aryl methyl sites for hydroxylation is 1. The highest BCUT2D eigenvalue weighted by molar-refractivity contribution is 5.96. The van der Waals surface area contributed by atoms with Crippen molar-refractivity contribution >= 4 is 28.9 Å². The van der Waals surface area contributed by atoms with Gasteiger partial charge in [-0.1, -0.05) is 6.92 Å². The maximum Gasteiger partial charge on any atom is 0.271 e. The molecule has 1 aromatic carbocycles. The summed E-state index contributed by atoms with van der Waals surface area (Å²) in [4.78, 5) is 26.8. The number of nitrogens with zero attached hydrogens (tertiary/aromatic N) is 4. The molecule has 0 bridgehead atoms. The molecule has 0 aliphatic carbocycles. The van der Waals surface area contributed by atoms with E-state index in [0.717, 1.165) is 94.6 Å². The third kappa shape index (κ3) is 5.61. The number of amides is 1. The standard InChI is InChI=1S/C28H39N7O4/c1-2-22-27(30-18-5-11-37-12-6-18)33-28(25(32-22)26(29)36)31-19-3-4-23-24(15-19)39-17-21-16-34(9-10-35(21)23)20-7-13-38-14-8-20/h3-4,15,18,20-21H,2,5-14,16-17H2,1H3,(H2,29,36)(H2,30,31,33)/t21-/m1/s1. The summed E-state index contributed by atoms with van der Waals surface area (Å²) in [5.41, 5.74) is 8.44. The van der Waals surface area contributed by atoms with E-state index < -0.39 is 5.91 Å². The number of aromatic nitrogens is 2. The van der Waals surface area contributed by atoms with Crippen LogP contribution < -0.4 is 26.0 Å². The molecule has 0 unspecified atom stereocenters. The van der Waals surface area contributed by atoms with Crippen LogP contribution in [0.25, 0.3) is 0 Å². The van der Waals surface area contributed by atoms with Crippen molar-refractivity contribution < 1.29 is 19.0 Å². The molecule has 4 N–H and O–H groups in total. The molecule has 0 saturated carbocycles. The number of hydrogen-bond donors (Lipinski definition) is 3. The molecule has 1 aromatic heterocycles. The Labute approximate surface area is 229 Å². The molecular formula is C28H39N7O4. The predicted octanol–water partition coefficient (Wildman–Crippen LogP) is 2.53. The van der Waals surface area contributed by atoms with Gasteiger partial charge in [0.1, 0.15) is 12.4 Å². The van der Waals surface area contributed by atoms with Crippen molar-refractivity contribution in [2.75, 3.05) is 68.2 Å². The molecule has 4 aliphatic heterocycles. The largest absolute Gasteiger partial charge is 0.489 e. The molecule has 1 amide bonds. The first-order valence-corrected chi connectivity index (χ1v) is 14.3. The van der Waals surface area contributed by atoms with Crippen molar-refractivity contribution in [2.45, 2.75) is 57.2 Å². The third-order valence-corrected chi connectivity index (χ3v) is 8.28. The Morgan fingerprint density at radius 2 is 1.79 bits per heavy atom. The fourth-order valence-electron chi connectivity index (χ4n) is 6.11. The highest BCUT2D eigenvalue weighted by Gasteiger charge is 2.35. The number of carbonyl (C=O) groups is 1. The highest BCUT2D eigenvalue weighted by atomic mass is 16.5. The fraction of sp³-hybridized carbons (Fsp3) is 0.607. The molecular weight excluding hydrogens is 498 g/mol. The van der Waals surface area contributed by atoms with Gasteiger partial charge in [-0.05, 0) is 44.2 Å². The molecule has 3 saturated heterocycles. The summed E-state index contributed by atoms with van der Waals surface area (Å²) in [6, 6.07) is 7.26. The lowest BCUT2D eigenvalue weighted by atomic mass is 10.0. The summed E-state index contributed by atoms with van der Waals surface area (Å²) in [5.74, 6) is 1.23. The number of ether oxygens (including phenoxy) is 3. The van der Waals surface area contributed by atoms with Crippen LogP contribution in [0.3, 0.4) is 0 Å². The van der Waals surface area contributed by atoms with Gasteiger partial charge in [-0.25, -0.2) is 9.97 Å². The Bertz CT molecular complexity index is 1180. The van der Waals surface area contributed by atoms with Gasteiger partial charge in [0.2, 0.25) is 0 Å². The normalized spacial score (nSPS) is 22.5. The number of benzene rings is 1. The monoisotopic (exact) mass is 537 g/mol. The molecule has 11 heteroatoms. The van der Waals surface area contributed by atoms with E-state index in [1.54, 1.807) is 0 Å². The number of anilines is 4. The molecule has 5 heterocycles. The van der Waals surface area contributed by atoms with E-state index in [-0.39, 0.29) is 11.7 Å². The number of fused-ring (bicyclic) bond motifs is 3. The summed E-state index contributed by atoms with van der Waals surface area (Å²) in [6.07, 6.45) is 4.66. The molecule has 1 atom stereocenters. The summed E-state index contributed by atoms with van der Waals surface area (Å²) in [6.45, 7) is 8.83. The number of carbonyl (C=O) groups excluding carboxylic acids is 1. The summed E-state index contributed by atoms with van der Waals surface area (Å²) < 4.78 is 17.3. The highest BCUT2D eigenvalue weighted by Crippen LogP contribution is 2.38. The lowest BCUT2D eigenvalue weighted by molar-refractivity contribution is 0.0231. The van der Waals surface area contributed by atoms with Crippen molar-refractivity contribution in [1.29, 1.82) is 0 Å². The van der Waals surface area contributed by atoms with Crippen LogP contribution in [0.15, 0.2) is 18.2 Å². The van der Waals surface area contributed by atoms with Crippen molar-refractivity contribution in [3.05, 3.63) is 29.6 Å². The topological polar surface area (TPSA) is 127 Å². The predicted molar refractivity (Wildman–Crippen MR) is 149 cm³/mol. The molecule has 3 fully saturated rings. The number of nitrogens with two attached hydrogens (primary N) is 1. The second kappa shape index (κ2) is 11.5. The van der Waals surface area contributed by atoms with Crippen LogP contribution in [-0.2, 0) is 15.9 Å². The number of primary amides is 1. The first-order valence-electron chi connectivity index (χ1n) is 14.3. The zero-order valence-electron chi connectivity index (χ0n) is 22.7. The van der Waals surface area contributed by atoms with Gasteiger partial charge >= 0.3 is 0 Å². The van der Waals surface area contributed by atoms with Gasteiger partial charge in [-0.2, -0.15) is 0 Å². The zero-order valence-corrected chi connectivity index (χ0v) is 22.7. The third-order valence-electron chi connectivity index (χ3n) is 8.28. The maximum atomic E-state index is 12.3. The molecule has 0 radical (unpaired) electrons. The Hall–Kier alpha value is -3.15. The summed E-state index contributed by atoms with van der Waals surface area (Å²) >= 11 is 0. The van der Waals surface area contributed by atoms with E-state index in [4.69, 9.17) is 24.9 Å². The molecule has 6 rings (SSSR count). The molecule has 11 nitrogen and oxygen atoms in total. The minimum absolute atomic E-state index is 0.132. The van der Waals surface area contributed by atoms with E-state index in [1.165, 1.54) is 0 Å². The van der Waals surface area contributed by atoms with E-state index in [9.17, 15) is 4.79 Å². The first-order chi connectivity index (χ1) is 19.1. The van der Waals surface area contributed by atoms with Gasteiger partial charge < -0.3 is 35.5 Å². The Balaban J connectivity index is 1.20. The number of nitrogens with one attached hydrogen (secondary N) is 2. The van der Waals surface area contributed by atoms with E-state index in [0.29, 0.717) is 36.7 Å². The summed E-state index contributed by atoms with van der Waals surface area (Å²) in [7, 11) is 0. The van der Waals surface area contributed by atoms with Crippen LogP contribution in [0.2, 0.25) is 0 Å². The summed E-state index contributed by atoms with van der Waals surface area (Å²) in [5, 5.41) is 6.81. The van der Waals surface area contributed by atoms with Crippen molar-refractivity contribution in [3.8, 4) is 5.75 Å².